The first-order valence-corrected chi connectivity index (χ1v) is 8.88. The number of nitrogens with zero attached hydrogens (tertiary/aromatic N) is 4. The summed E-state index contributed by atoms with van der Waals surface area (Å²) in [6.07, 6.45) is 5.84. The molecule has 2 aliphatic heterocycles. The molecule has 1 aromatic heterocycles. The van der Waals surface area contributed by atoms with Crippen LogP contribution in [-0.2, 0) is 11.3 Å². The molecule has 1 saturated heterocycles. The largest absolute Gasteiger partial charge is 0.381 e. The third-order valence-corrected chi connectivity index (χ3v) is 5.34. The number of aromatic nitrogens is 3. The lowest BCUT2D eigenvalue weighted by Crippen LogP contribution is -2.23. The van der Waals surface area contributed by atoms with Crippen molar-refractivity contribution in [3.63, 3.8) is 0 Å². The number of rotatable bonds is 2. The Morgan fingerprint density at radius 2 is 2.00 bits per heavy atom. The van der Waals surface area contributed by atoms with Gasteiger partial charge in [0.1, 0.15) is 5.82 Å². The first kappa shape index (κ1) is 15.3. The molecule has 1 aromatic carbocycles. The van der Waals surface area contributed by atoms with Crippen LogP contribution in [-0.4, -0.2) is 28.0 Å². The van der Waals surface area contributed by atoms with Crippen molar-refractivity contribution < 1.29 is 4.74 Å². The highest BCUT2D eigenvalue weighted by atomic mass is 16.5. The summed E-state index contributed by atoms with van der Waals surface area (Å²) in [4.78, 5) is 0. The van der Waals surface area contributed by atoms with E-state index < -0.39 is 0 Å². The minimum atomic E-state index is 0.483. The Morgan fingerprint density at radius 1 is 1.12 bits per heavy atom. The zero-order chi connectivity index (χ0) is 16.4. The van der Waals surface area contributed by atoms with Gasteiger partial charge in [-0.05, 0) is 43.7 Å². The van der Waals surface area contributed by atoms with Crippen LogP contribution < -0.4 is 0 Å². The Hall–Kier alpha value is -2.19. The molecule has 0 aliphatic carbocycles. The molecular formula is C19H22N4O. The van der Waals surface area contributed by atoms with Gasteiger partial charge in [0.25, 0.3) is 0 Å². The van der Waals surface area contributed by atoms with E-state index in [4.69, 9.17) is 10.00 Å². The number of hydrogen-bond donors (Lipinski definition) is 0. The van der Waals surface area contributed by atoms with Crippen LogP contribution >= 0.6 is 0 Å². The molecule has 4 rings (SSSR count). The lowest BCUT2D eigenvalue weighted by Gasteiger charge is -2.29. The minimum Gasteiger partial charge on any atom is -0.381 e. The van der Waals surface area contributed by atoms with Gasteiger partial charge in [0, 0.05) is 31.2 Å². The van der Waals surface area contributed by atoms with E-state index in [0.29, 0.717) is 17.4 Å². The molecule has 124 valence electrons. The molecule has 0 saturated carbocycles. The molecule has 2 aromatic rings. The van der Waals surface area contributed by atoms with E-state index in [1.807, 2.05) is 24.3 Å². The minimum absolute atomic E-state index is 0.483. The summed E-state index contributed by atoms with van der Waals surface area (Å²) in [6.45, 7) is 2.70. The van der Waals surface area contributed by atoms with Crippen molar-refractivity contribution in [2.75, 3.05) is 13.2 Å². The fourth-order valence-corrected chi connectivity index (χ4v) is 4.08. The molecule has 24 heavy (non-hydrogen) atoms. The van der Waals surface area contributed by atoms with E-state index in [2.05, 4.69) is 20.8 Å². The topological polar surface area (TPSA) is 63.7 Å². The van der Waals surface area contributed by atoms with E-state index in [9.17, 15) is 0 Å². The molecule has 0 radical (unpaired) electrons. The summed E-state index contributed by atoms with van der Waals surface area (Å²) < 4.78 is 7.83. The Balaban J connectivity index is 1.72. The summed E-state index contributed by atoms with van der Waals surface area (Å²) >= 11 is 0. The molecule has 0 spiro atoms. The van der Waals surface area contributed by atoms with Gasteiger partial charge in [0.2, 0.25) is 0 Å². The summed E-state index contributed by atoms with van der Waals surface area (Å²) in [5.41, 5.74) is 1.65. The quantitative estimate of drug-likeness (QED) is 0.848. The van der Waals surface area contributed by atoms with Crippen LogP contribution in [0, 0.1) is 17.2 Å². The highest BCUT2D eigenvalue weighted by Gasteiger charge is 2.31. The van der Waals surface area contributed by atoms with Gasteiger partial charge in [0.15, 0.2) is 5.82 Å². The predicted molar refractivity (Wildman–Crippen MR) is 90.3 cm³/mol. The second kappa shape index (κ2) is 6.74. The molecule has 0 N–H and O–H groups in total. The van der Waals surface area contributed by atoms with E-state index in [1.54, 1.807) is 0 Å². The molecule has 0 bridgehead atoms. The molecule has 1 atom stereocenters. The zero-order valence-electron chi connectivity index (χ0n) is 13.8. The van der Waals surface area contributed by atoms with Gasteiger partial charge in [-0.2, -0.15) is 5.26 Å². The van der Waals surface area contributed by atoms with Gasteiger partial charge >= 0.3 is 0 Å². The van der Waals surface area contributed by atoms with Crippen LogP contribution in [0.2, 0.25) is 0 Å². The van der Waals surface area contributed by atoms with Gasteiger partial charge in [-0.3, -0.25) is 0 Å². The first-order chi connectivity index (χ1) is 11.9. The SMILES string of the molecule is N#Cc1cccc(-c2nnc3n2CCCCC3C2CCOCC2)c1. The lowest BCUT2D eigenvalue weighted by molar-refractivity contribution is 0.0556. The van der Waals surface area contributed by atoms with E-state index in [0.717, 1.165) is 56.2 Å². The smallest absolute Gasteiger partial charge is 0.164 e. The van der Waals surface area contributed by atoms with Crippen molar-refractivity contribution in [1.82, 2.24) is 14.8 Å². The average Bonchev–Trinajstić information content (AvgIpc) is 2.95. The van der Waals surface area contributed by atoms with Crippen LogP contribution in [0.4, 0.5) is 0 Å². The van der Waals surface area contributed by atoms with E-state index in [-0.39, 0.29) is 0 Å². The third kappa shape index (κ3) is 2.83. The summed E-state index contributed by atoms with van der Waals surface area (Å²) in [5, 5.41) is 18.2. The van der Waals surface area contributed by atoms with E-state index in [1.165, 1.54) is 12.8 Å². The summed E-state index contributed by atoms with van der Waals surface area (Å²) in [7, 11) is 0. The van der Waals surface area contributed by atoms with Gasteiger partial charge in [-0.15, -0.1) is 10.2 Å². The van der Waals surface area contributed by atoms with Gasteiger partial charge in [-0.25, -0.2) is 0 Å². The number of hydrogen-bond acceptors (Lipinski definition) is 4. The number of ether oxygens (including phenoxy) is 1. The van der Waals surface area contributed by atoms with Crippen molar-refractivity contribution in [2.24, 2.45) is 5.92 Å². The molecule has 2 aliphatic rings. The Morgan fingerprint density at radius 3 is 2.83 bits per heavy atom. The number of nitriles is 1. The van der Waals surface area contributed by atoms with Gasteiger partial charge in [0.05, 0.1) is 11.6 Å². The normalized spacial score (nSPS) is 21.7. The summed E-state index contributed by atoms with van der Waals surface area (Å²) in [6, 6.07) is 9.89. The molecular weight excluding hydrogens is 300 g/mol. The fourth-order valence-electron chi connectivity index (χ4n) is 4.08. The van der Waals surface area contributed by atoms with Crippen LogP contribution in [0.1, 0.15) is 49.4 Å². The maximum Gasteiger partial charge on any atom is 0.164 e. The van der Waals surface area contributed by atoms with Crippen molar-refractivity contribution >= 4 is 0 Å². The maximum atomic E-state index is 9.15. The standard InChI is InChI=1S/C19H22N4O/c20-13-14-4-3-5-16(12-14)18-21-22-19-17(6-1-2-9-23(18)19)15-7-10-24-11-8-15/h3-5,12,15,17H,1-2,6-11H2. The van der Waals surface area contributed by atoms with Crippen LogP contribution in [0.5, 0.6) is 0 Å². The van der Waals surface area contributed by atoms with Crippen LogP contribution in [0.25, 0.3) is 11.4 Å². The van der Waals surface area contributed by atoms with Gasteiger partial charge in [-0.1, -0.05) is 18.6 Å². The molecule has 5 nitrogen and oxygen atoms in total. The number of benzene rings is 1. The van der Waals surface area contributed by atoms with Gasteiger partial charge < -0.3 is 9.30 Å². The number of fused-ring (bicyclic) bond motifs is 1. The average molecular weight is 322 g/mol. The van der Waals surface area contributed by atoms with Crippen LogP contribution in [0.15, 0.2) is 24.3 Å². The second-order valence-electron chi connectivity index (χ2n) is 6.78. The monoisotopic (exact) mass is 322 g/mol. The highest BCUT2D eigenvalue weighted by Crippen LogP contribution is 2.38. The Labute approximate surface area is 142 Å². The van der Waals surface area contributed by atoms with Crippen molar-refractivity contribution in [2.45, 2.75) is 44.6 Å². The Kier molecular flexibility index (Phi) is 4.31. The maximum absolute atomic E-state index is 9.15. The summed E-state index contributed by atoms with van der Waals surface area (Å²) in [5.74, 6) is 3.17. The lowest BCUT2D eigenvalue weighted by atomic mass is 9.82. The predicted octanol–water partition coefficient (Wildman–Crippen LogP) is 3.51. The molecule has 5 heteroatoms. The fraction of sp³-hybridized carbons (Fsp3) is 0.526. The molecule has 1 unspecified atom stereocenters. The Bertz CT molecular complexity index is 755. The molecule has 1 fully saturated rings. The second-order valence-corrected chi connectivity index (χ2v) is 6.78. The third-order valence-electron chi connectivity index (χ3n) is 5.34. The zero-order valence-corrected chi connectivity index (χ0v) is 13.8. The van der Waals surface area contributed by atoms with Crippen molar-refractivity contribution in [3.8, 4) is 17.5 Å². The first-order valence-electron chi connectivity index (χ1n) is 8.88. The van der Waals surface area contributed by atoms with Crippen molar-refractivity contribution in [1.29, 1.82) is 5.26 Å². The molecule has 0 amide bonds. The van der Waals surface area contributed by atoms with Crippen molar-refractivity contribution in [3.05, 3.63) is 35.7 Å². The molecule has 3 heterocycles. The highest BCUT2D eigenvalue weighted by molar-refractivity contribution is 5.58. The van der Waals surface area contributed by atoms with Crippen LogP contribution in [0.3, 0.4) is 0 Å². The van der Waals surface area contributed by atoms with E-state index >= 15 is 0 Å².